The minimum absolute atomic E-state index is 0.0854. The number of thiocarbonyl (C=S) groups is 1. The lowest BCUT2D eigenvalue weighted by atomic mass is 9.80. The standard InChI is InChI=1S/C28H41N3S/c1-26(2,3)23-15-13-22(14-16-23)20-31(19-21-11-9-8-10-12-21)25(32)29-24-17-27(4,5)30-28(6,7)18-24/h8-16,24,30H,17-20H2,1-7H3,(H,29,32). The fourth-order valence-corrected chi connectivity index (χ4v) is 5.32. The van der Waals surface area contributed by atoms with E-state index in [0.717, 1.165) is 31.0 Å². The van der Waals surface area contributed by atoms with Crippen LogP contribution < -0.4 is 10.6 Å². The van der Waals surface area contributed by atoms with Gasteiger partial charge in [0, 0.05) is 30.2 Å². The Balaban J connectivity index is 1.77. The summed E-state index contributed by atoms with van der Waals surface area (Å²) in [7, 11) is 0. The molecule has 2 N–H and O–H groups in total. The normalized spacial score (nSPS) is 18.2. The molecule has 0 saturated carbocycles. The minimum Gasteiger partial charge on any atom is -0.360 e. The molecule has 4 heteroatoms. The summed E-state index contributed by atoms with van der Waals surface area (Å²) in [5.41, 5.74) is 4.24. The van der Waals surface area contributed by atoms with Crippen molar-refractivity contribution in [3.63, 3.8) is 0 Å². The summed E-state index contributed by atoms with van der Waals surface area (Å²) in [5, 5.41) is 8.33. The molecule has 0 aromatic heterocycles. The van der Waals surface area contributed by atoms with Crippen LogP contribution in [-0.4, -0.2) is 27.1 Å². The molecule has 2 aromatic carbocycles. The van der Waals surface area contributed by atoms with Gasteiger partial charge in [0.15, 0.2) is 5.11 Å². The van der Waals surface area contributed by atoms with Crippen LogP contribution in [0.3, 0.4) is 0 Å². The Kier molecular flexibility index (Phi) is 7.36. The number of benzene rings is 2. The number of hydrogen-bond acceptors (Lipinski definition) is 2. The monoisotopic (exact) mass is 451 g/mol. The number of rotatable bonds is 5. The van der Waals surface area contributed by atoms with Crippen molar-refractivity contribution in [2.45, 2.75) is 96.9 Å². The van der Waals surface area contributed by atoms with Gasteiger partial charge in [0.25, 0.3) is 0 Å². The van der Waals surface area contributed by atoms with E-state index in [1.54, 1.807) is 0 Å². The second kappa shape index (κ2) is 9.52. The van der Waals surface area contributed by atoms with Gasteiger partial charge in [-0.25, -0.2) is 0 Å². The van der Waals surface area contributed by atoms with Crippen molar-refractivity contribution in [1.82, 2.24) is 15.5 Å². The molecule has 0 atom stereocenters. The van der Waals surface area contributed by atoms with Crippen LogP contribution in [0.25, 0.3) is 0 Å². The van der Waals surface area contributed by atoms with Crippen molar-refractivity contribution in [3.05, 3.63) is 71.3 Å². The molecule has 2 aromatic rings. The molecule has 0 radical (unpaired) electrons. The van der Waals surface area contributed by atoms with Gasteiger partial charge in [0.05, 0.1) is 0 Å². The molecule has 174 valence electrons. The van der Waals surface area contributed by atoms with Gasteiger partial charge in [-0.1, -0.05) is 75.4 Å². The molecule has 3 nitrogen and oxygen atoms in total. The zero-order chi connectivity index (χ0) is 23.6. The molecule has 3 rings (SSSR count). The minimum atomic E-state index is 0.0854. The van der Waals surface area contributed by atoms with Gasteiger partial charge in [-0.05, 0) is 74.9 Å². The first-order valence-corrected chi connectivity index (χ1v) is 12.2. The first-order valence-electron chi connectivity index (χ1n) is 11.8. The lowest BCUT2D eigenvalue weighted by Crippen LogP contribution is -2.62. The van der Waals surface area contributed by atoms with Crippen LogP contribution in [0.15, 0.2) is 54.6 Å². The van der Waals surface area contributed by atoms with E-state index in [2.05, 4.69) is 119 Å². The van der Waals surface area contributed by atoms with Crippen LogP contribution in [0.1, 0.15) is 78.0 Å². The first-order chi connectivity index (χ1) is 14.8. The molecule has 0 spiro atoms. The topological polar surface area (TPSA) is 27.3 Å². The summed E-state index contributed by atoms with van der Waals surface area (Å²) in [5.74, 6) is 0. The van der Waals surface area contributed by atoms with Crippen molar-refractivity contribution in [3.8, 4) is 0 Å². The fourth-order valence-electron chi connectivity index (χ4n) is 5.02. The van der Waals surface area contributed by atoms with E-state index < -0.39 is 0 Å². The van der Waals surface area contributed by atoms with Gasteiger partial charge in [0.2, 0.25) is 0 Å². The highest BCUT2D eigenvalue weighted by Gasteiger charge is 2.38. The second-order valence-corrected chi connectivity index (χ2v) is 12.1. The van der Waals surface area contributed by atoms with Gasteiger partial charge in [-0.15, -0.1) is 0 Å². The molecular weight excluding hydrogens is 410 g/mol. The summed E-state index contributed by atoms with van der Waals surface area (Å²) >= 11 is 5.98. The zero-order valence-corrected chi connectivity index (χ0v) is 21.8. The molecular formula is C28H41N3S. The van der Waals surface area contributed by atoms with Crippen molar-refractivity contribution in [2.75, 3.05) is 0 Å². The third-order valence-electron chi connectivity index (χ3n) is 6.21. The molecule has 1 aliphatic rings. The van der Waals surface area contributed by atoms with Crippen molar-refractivity contribution in [1.29, 1.82) is 0 Å². The molecule has 32 heavy (non-hydrogen) atoms. The van der Waals surface area contributed by atoms with Crippen LogP contribution in [0.4, 0.5) is 0 Å². The van der Waals surface area contributed by atoms with E-state index in [0.29, 0.717) is 6.04 Å². The average molecular weight is 452 g/mol. The summed E-state index contributed by atoms with van der Waals surface area (Å²) in [6.45, 7) is 17.5. The lowest BCUT2D eigenvalue weighted by molar-refractivity contribution is 0.153. The van der Waals surface area contributed by atoms with E-state index in [9.17, 15) is 0 Å². The van der Waals surface area contributed by atoms with E-state index in [4.69, 9.17) is 12.2 Å². The lowest BCUT2D eigenvalue weighted by Gasteiger charge is -2.47. The molecule has 1 heterocycles. The predicted molar refractivity (Wildman–Crippen MR) is 141 cm³/mol. The van der Waals surface area contributed by atoms with Gasteiger partial charge >= 0.3 is 0 Å². The smallest absolute Gasteiger partial charge is 0.169 e. The van der Waals surface area contributed by atoms with Crippen LogP contribution >= 0.6 is 12.2 Å². The van der Waals surface area contributed by atoms with Crippen LogP contribution in [-0.2, 0) is 18.5 Å². The quantitative estimate of drug-likeness (QED) is 0.532. The zero-order valence-electron chi connectivity index (χ0n) is 21.0. The van der Waals surface area contributed by atoms with Gasteiger partial charge < -0.3 is 15.5 Å². The Morgan fingerprint density at radius 2 is 1.41 bits per heavy atom. The summed E-state index contributed by atoms with van der Waals surface area (Å²) < 4.78 is 0. The molecule has 1 aliphatic heterocycles. The Bertz CT molecular complexity index is 879. The Hall–Kier alpha value is -1.91. The highest BCUT2D eigenvalue weighted by molar-refractivity contribution is 7.80. The molecule has 1 saturated heterocycles. The van der Waals surface area contributed by atoms with E-state index in [1.165, 1.54) is 16.7 Å². The molecule has 1 fully saturated rings. The Morgan fingerprint density at radius 3 is 1.91 bits per heavy atom. The van der Waals surface area contributed by atoms with Crippen LogP contribution in [0.2, 0.25) is 0 Å². The predicted octanol–water partition coefficient (Wildman–Crippen LogP) is 6.17. The van der Waals surface area contributed by atoms with Crippen molar-refractivity contribution in [2.24, 2.45) is 0 Å². The Morgan fingerprint density at radius 1 is 0.906 bits per heavy atom. The van der Waals surface area contributed by atoms with E-state index in [-0.39, 0.29) is 16.5 Å². The molecule has 0 amide bonds. The maximum absolute atomic E-state index is 5.98. The maximum atomic E-state index is 5.98. The second-order valence-electron chi connectivity index (χ2n) is 11.7. The summed E-state index contributed by atoms with van der Waals surface area (Å²) in [6, 6.07) is 20.0. The van der Waals surface area contributed by atoms with Gasteiger partial charge in [-0.3, -0.25) is 0 Å². The number of hydrogen-bond donors (Lipinski definition) is 2. The fraction of sp³-hybridized carbons (Fsp3) is 0.536. The summed E-state index contributed by atoms with van der Waals surface area (Å²) in [6.07, 6.45) is 2.10. The van der Waals surface area contributed by atoms with Crippen molar-refractivity contribution >= 4 is 17.3 Å². The average Bonchev–Trinajstić information content (AvgIpc) is 2.65. The number of nitrogens with zero attached hydrogens (tertiary/aromatic N) is 1. The first kappa shape index (κ1) is 24.7. The van der Waals surface area contributed by atoms with Gasteiger partial charge in [-0.2, -0.15) is 0 Å². The molecule has 0 unspecified atom stereocenters. The summed E-state index contributed by atoms with van der Waals surface area (Å²) in [4.78, 5) is 2.30. The maximum Gasteiger partial charge on any atom is 0.169 e. The highest BCUT2D eigenvalue weighted by atomic mass is 32.1. The van der Waals surface area contributed by atoms with Gasteiger partial charge in [0.1, 0.15) is 0 Å². The number of piperidine rings is 1. The SMILES string of the molecule is CC1(C)CC(NC(=S)N(Cc2ccccc2)Cc2ccc(C(C)(C)C)cc2)CC(C)(C)N1. The van der Waals surface area contributed by atoms with E-state index in [1.807, 2.05) is 0 Å². The largest absolute Gasteiger partial charge is 0.360 e. The third kappa shape index (κ3) is 7.05. The molecule has 0 aliphatic carbocycles. The van der Waals surface area contributed by atoms with Crippen LogP contribution in [0, 0.1) is 0 Å². The molecule has 0 bridgehead atoms. The Labute approximate surface area is 201 Å². The van der Waals surface area contributed by atoms with E-state index >= 15 is 0 Å². The highest BCUT2D eigenvalue weighted by Crippen LogP contribution is 2.29. The number of nitrogens with one attached hydrogen (secondary N) is 2. The van der Waals surface area contributed by atoms with Crippen LogP contribution in [0.5, 0.6) is 0 Å². The van der Waals surface area contributed by atoms with Crippen molar-refractivity contribution < 1.29 is 0 Å². The third-order valence-corrected chi connectivity index (χ3v) is 6.59.